The van der Waals surface area contributed by atoms with Crippen LogP contribution in [-0.2, 0) is 27.4 Å². The van der Waals surface area contributed by atoms with Gasteiger partial charge in [-0.05, 0) is 73.7 Å². The number of hydrogen-bond donors (Lipinski definition) is 3. The number of halogens is 3. The number of anilines is 2. The maximum Gasteiger partial charge on any atom is 0.416 e. The molecule has 3 aromatic carbocycles. The minimum Gasteiger partial charge on any atom is -0.497 e. The minimum absolute atomic E-state index is 0.00335. The van der Waals surface area contributed by atoms with Gasteiger partial charge in [-0.3, -0.25) is 9.52 Å². The summed E-state index contributed by atoms with van der Waals surface area (Å²) in [6.07, 6.45) is -5.34. The molecule has 47 heavy (non-hydrogen) atoms. The summed E-state index contributed by atoms with van der Waals surface area (Å²) in [7, 11) is -1.03. The summed E-state index contributed by atoms with van der Waals surface area (Å²) < 4.78 is 79.0. The van der Waals surface area contributed by atoms with E-state index >= 15 is 0 Å². The van der Waals surface area contributed by atoms with Crippen LogP contribution in [0.1, 0.15) is 25.0 Å². The molecule has 0 saturated carbocycles. The summed E-state index contributed by atoms with van der Waals surface area (Å²) in [6, 6.07) is 13.3. The smallest absolute Gasteiger partial charge is 0.416 e. The van der Waals surface area contributed by atoms with E-state index in [4.69, 9.17) is 9.47 Å². The van der Waals surface area contributed by atoms with Gasteiger partial charge in [0, 0.05) is 36.4 Å². The fourth-order valence-electron chi connectivity index (χ4n) is 4.99. The summed E-state index contributed by atoms with van der Waals surface area (Å²) in [5.41, 5.74) is -0.101. The van der Waals surface area contributed by atoms with Gasteiger partial charge in [-0.25, -0.2) is 13.2 Å². The Balaban J connectivity index is 1.58. The number of carbonyl (C=O) groups excluding carboxylic acids is 2. The number of aliphatic hydroxyl groups is 1. The van der Waals surface area contributed by atoms with Gasteiger partial charge < -0.3 is 29.7 Å². The monoisotopic (exact) mass is 678 g/mol. The van der Waals surface area contributed by atoms with Crippen LogP contribution in [0.5, 0.6) is 11.5 Å². The lowest BCUT2D eigenvalue weighted by Gasteiger charge is -2.34. The number of rotatable bonds is 9. The maximum absolute atomic E-state index is 13.5. The molecule has 1 heterocycles. The molecule has 254 valence electrons. The van der Waals surface area contributed by atoms with Gasteiger partial charge in [0.05, 0.1) is 43.2 Å². The second-order valence-electron chi connectivity index (χ2n) is 11.4. The highest BCUT2D eigenvalue weighted by Crippen LogP contribution is 2.31. The summed E-state index contributed by atoms with van der Waals surface area (Å²) in [4.78, 5) is 29.3. The van der Waals surface area contributed by atoms with Gasteiger partial charge in [-0.2, -0.15) is 13.2 Å². The Kier molecular flexibility index (Phi) is 10.9. The van der Waals surface area contributed by atoms with Gasteiger partial charge in [0.15, 0.2) is 0 Å². The van der Waals surface area contributed by atoms with E-state index in [2.05, 4.69) is 10.0 Å². The highest BCUT2D eigenvalue weighted by molar-refractivity contribution is 7.92. The summed E-state index contributed by atoms with van der Waals surface area (Å²) >= 11 is 0. The van der Waals surface area contributed by atoms with E-state index < -0.39 is 39.9 Å². The molecule has 0 unspecified atom stereocenters. The average molecular weight is 679 g/mol. The summed E-state index contributed by atoms with van der Waals surface area (Å²) in [5.74, 6) is 0.128. The first kappa shape index (κ1) is 35.4. The highest BCUT2D eigenvalue weighted by atomic mass is 32.2. The number of alkyl halides is 3. The van der Waals surface area contributed by atoms with Crippen molar-refractivity contribution in [2.45, 2.75) is 43.5 Å². The first-order chi connectivity index (χ1) is 22.1. The van der Waals surface area contributed by atoms with Gasteiger partial charge in [-0.1, -0.05) is 6.92 Å². The normalized spacial score (nSPS) is 17.7. The molecule has 3 N–H and O–H groups in total. The van der Waals surface area contributed by atoms with Crippen molar-refractivity contribution >= 4 is 33.3 Å². The van der Waals surface area contributed by atoms with Crippen LogP contribution in [0.3, 0.4) is 0 Å². The average Bonchev–Trinajstić information content (AvgIpc) is 3.07. The number of methoxy groups -OCH3 is 1. The Morgan fingerprint density at radius 3 is 2.34 bits per heavy atom. The number of carbonyl (C=O) groups is 2. The lowest BCUT2D eigenvalue weighted by Crippen LogP contribution is -2.48. The number of likely N-dealkylation sites (N-methyl/N-ethyl adjacent to an activating group) is 1. The molecule has 1 aliphatic heterocycles. The van der Waals surface area contributed by atoms with Gasteiger partial charge in [0.1, 0.15) is 17.6 Å². The van der Waals surface area contributed by atoms with Gasteiger partial charge in [0.25, 0.3) is 10.0 Å². The van der Waals surface area contributed by atoms with Crippen LogP contribution >= 0.6 is 0 Å². The van der Waals surface area contributed by atoms with E-state index in [9.17, 15) is 36.3 Å². The SMILES string of the molecule is COc1ccc(S(=O)(=O)Nc2ccc3c(c2)CC(=O)N([C@H](C)CO)C[C@@H](C)[C@@H](CN(C)C(=O)Nc2ccc(C(F)(F)F)cc2)O3)cc1. The molecule has 0 spiro atoms. The molecule has 1 aliphatic rings. The molecule has 0 saturated heterocycles. The molecule has 11 nitrogen and oxygen atoms in total. The number of fused-ring (bicyclic) bond motifs is 1. The van der Waals surface area contributed by atoms with Crippen LogP contribution < -0.4 is 19.5 Å². The number of amides is 3. The van der Waals surface area contributed by atoms with Crippen LogP contribution in [0.4, 0.5) is 29.3 Å². The number of sulfonamides is 1. The van der Waals surface area contributed by atoms with Gasteiger partial charge >= 0.3 is 12.2 Å². The van der Waals surface area contributed by atoms with Crippen molar-refractivity contribution in [1.29, 1.82) is 0 Å². The van der Waals surface area contributed by atoms with Crippen molar-refractivity contribution in [2.75, 3.05) is 43.9 Å². The molecule has 0 aliphatic carbocycles. The van der Waals surface area contributed by atoms with Gasteiger partial charge in [-0.15, -0.1) is 0 Å². The van der Waals surface area contributed by atoms with Crippen LogP contribution in [0, 0.1) is 5.92 Å². The zero-order chi connectivity index (χ0) is 34.5. The molecule has 0 aromatic heterocycles. The minimum atomic E-state index is -4.51. The van der Waals surface area contributed by atoms with Crippen LogP contribution in [0.2, 0.25) is 0 Å². The predicted octanol–water partition coefficient (Wildman–Crippen LogP) is 4.83. The Hall–Kier alpha value is -4.50. The highest BCUT2D eigenvalue weighted by Gasteiger charge is 2.33. The number of nitrogens with zero attached hydrogens (tertiary/aromatic N) is 2. The second-order valence-corrected chi connectivity index (χ2v) is 13.1. The number of nitrogens with one attached hydrogen (secondary N) is 2. The number of benzene rings is 3. The van der Waals surface area contributed by atoms with Gasteiger partial charge in [0.2, 0.25) is 5.91 Å². The molecule has 15 heteroatoms. The fraction of sp³-hybridized carbons (Fsp3) is 0.375. The predicted molar refractivity (Wildman–Crippen MR) is 169 cm³/mol. The van der Waals surface area contributed by atoms with E-state index in [1.807, 2.05) is 6.92 Å². The number of aliphatic hydroxyl groups excluding tert-OH is 1. The third kappa shape index (κ3) is 8.86. The van der Waals surface area contributed by atoms with Crippen LogP contribution in [0.15, 0.2) is 71.6 Å². The lowest BCUT2D eigenvalue weighted by molar-refractivity contribution is -0.137. The molecular weight excluding hydrogens is 641 g/mol. The third-order valence-corrected chi connectivity index (χ3v) is 9.20. The van der Waals surface area contributed by atoms with Crippen LogP contribution in [0.25, 0.3) is 0 Å². The van der Waals surface area contributed by atoms with Crippen molar-refractivity contribution in [2.24, 2.45) is 5.92 Å². The van der Waals surface area contributed by atoms with E-state index in [1.165, 1.54) is 60.4 Å². The lowest BCUT2D eigenvalue weighted by atomic mass is 10.0. The number of ether oxygens (including phenoxy) is 2. The molecule has 3 amide bonds. The van der Waals surface area contributed by atoms with Crippen molar-refractivity contribution < 1.29 is 45.8 Å². The molecular formula is C32H37F3N4O7S. The Bertz CT molecular complexity index is 1670. The molecule has 0 radical (unpaired) electrons. The maximum atomic E-state index is 13.5. The van der Waals surface area contributed by atoms with E-state index in [0.717, 1.165) is 24.3 Å². The first-order valence-corrected chi connectivity index (χ1v) is 16.2. The number of urea groups is 1. The van der Waals surface area contributed by atoms with Crippen LogP contribution in [-0.4, -0.2) is 81.3 Å². The zero-order valence-corrected chi connectivity index (χ0v) is 27.1. The molecule has 4 rings (SSSR count). The molecule has 3 atom stereocenters. The zero-order valence-electron chi connectivity index (χ0n) is 26.2. The van der Waals surface area contributed by atoms with Crippen molar-refractivity contribution in [3.05, 3.63) is 77.9 Å². The molecule has 3 aromatic rings. The third-order valence-electron chi connectivity index (χ3n) is 7.80. The van der Waals surface area contributed by atoms with E-state index in [1.54, 1.807) is 13.0 Å². The standard InChI is InChI=1S/C32H37F3N4O7S/c1-20-17-39(21(2)19-40)30(41)16-22-15-25(37-47(43,44)27-12-10-26(45-4)11-13-27)9-14-28(22)46-29(20)18-38(3)31(42)36-24-7-5-23(6-8-24)32(33,34)35/h5-15,20-21,29,37,40H,16-19H2,1-4H3,(H,36,42)/t20-,21-,29-/m1/s1. The summed E-state index contributed by atoms with van der Waals surface area (Å²) in [6.45, 7) is 3.44. The van der Waals surface area contributed by atoms with E-state index in [-0.39, 0.29) is 54.2 Å². The van der Waals surface area contributed by atoms with Crippen molar-refractivity contribution in [1.82, 2.24) is 9.80 Å². The van der Waals surface area contributed by atoms with E-state index in [0.29, 0.717) is 17.1 Å². The Morgan fingerprint density at radius 2 is 1.74 bits per heavy atom. The van der Waals surface area contributed by atoms with Crippen molar-refractivity contribution in [3.8, 4) is 11.5 Å². The largest absolute Gasteiger partial charge is 0.497 e. The first-order valence-electron chi connectivity index (χ1n) is 14.7. The molecule has 0 fully saturated rings. The Morgan fingerprint density at radius 1 is 1.11 bits per heavy atom. The number of hydrogen-bond acceptors (Lipinski definition) is 7. The van der Waals surface area contributed by atoms with Crippen molar-refractivity contribution in [3.63, 3.8) is 0 Å². The fourth-order valence-corrected chi connectivity index (χ4v) is 6.04. The second kappa shape index (κ2) is 14.5. The summed E-state index contributed by atoms with van der Waals surface area (Å²) in [5, 5.41) is 12.5. The topological polar surface area (TPSA) is 138 Å². The molecule has 0 bridgehead atoms. The Labute approximate surface area is 271 Å². The quantitative estimate of drug-likeness (QED) is 0.295.